The zero-order valence-corrected chi connectivity index (χ0v) is 19.5. The van der Waals surface area contributed by atoms with E-state index in [-0.39, 0.29) is 5.69 Å². The number of anilines is 1. The summed E-state index contributed by atoms with van der Waals surface area (Å²) in [6, 6.07) is 13.8. The third-order valence-corrected chi connectivity index (χ3v) is 7.76. The van der Waals surface area contributed by atoms with Gasteiger partial charge in [-0.15, -0.1) is 11.3 Å². The number of Topliss-reactive ketones (excluding diaryl/α,β-unsaturated/α-hetero) is 2. The van der Waals surface area contributed by atoms with E-state index in [4.69, 9.17) is 0 Å². The maximum absolute atomic E-state index is 13.3. The summed E-state index contributed by atoms with van der Waals surface area (Å²) in [7, 11) is 0. The fourth-order valence-corrected chi connectivity index (χ4v) is 5.89. The van der Waals surface area contributed by atoms with Crippen molar-refractivity contribution in [1.29, 1.82) is 0 Å². The van der Waals surface area contributed by atoms with Crippen LogP contribution in [0.2, 0.25) is 0 Å². The lowest BCUT2D eigenvalue weighted by Gasteiger charge is -2.24. The number of benzene rings is 2. The van der Waals surface area contributed by atoms with Crippen molar-refractivity contribution in [3.8, 4) is 0 Å². The van der Waals surface area contributed by atoms with E-state index in [2.05, 4.69) is 4.98 Å². The van der Waals surface area contributed by atoms with Crippen molar-refractivity contribution >= 4 is 61.2 Å². The van der Waals surface area contributed by atoms with Crippen LogP contribution >= 0.6 is 22.7 Å². The number of carbonyl (C=O) groups excluding carboxylic acids is 3. The Balaban J connectivity index is 1.65. The zero-order valence-electron chi connectivity index (χ0n) is 17.8. The van der Waals surface area contributed by atoms with Crippen LogP contribution in [0.3, 0.4) is 0 Å². The molecule has 8 nitrogen and oxygen atoms in total. The van der Waals surface area contributed by atoms with Gasteiger partial charge in [-0.1, -0.05) is 42.5 Å². The third-order valence-electron chi connectivity index (χ3n) is 5.85. The molecule has 0 spiro atoms. The summed E-state index contributed by atoms with van der Waals surface area (Å²) >= 11 is 2.47. The lowest BCUT2D eigenvalue weighted by molar-refractivity contribution is -0.384. The highest BCUT2D eigenvalue weighted by Gasteiger charge is 2.53. The van der Waals surface area contributed by atoms with Gasteiger partial charge in [0.1, 0.15) is 5.92 Å². The normalized spacial score (nSPS) is 18.1. The number of nitro benzene ring substituents is 1. The van der Waals surface area contributed by atoms with E-state index in [1.807, 2.05) is 25.1 Å². The first-order valence-corrected chi connectivity index (χ1v) is 12.2. The van der Waals surface area contributed by atoms with Crippen LogP contribution < -0.4 is 4.90 Å². The molecule has 0 radical (unpaired) electrons. The van der Waals surface area contributed by atoms with E-state index in [0.29, 0.717) is 21.1 Å². The molecule has 0 bridgehead atoms. The smallest absolute Gasteiger partial charge is 0.292 e. The molecular formula is C24H17N3O5S2. The molecule has 2 aromatic heterocycles. The molecule has 10 heteroatoms. The summed E-state index contributed by atoms with van der Waals surface area (Å²) in [5, 5.41) is 13.2. The van der Waals surface area contributed by atoms with Crippen molar-refractivity contribution in [3.05, 3.63) is 86.1 Å². The number of hydrogen-bond donors (Lipinski definition) is 0. The molecule has 170 valence electrons. The van der Waals surface area contributed by atoms with Crippen LogP contribution in [0.1, 0.15) is 33.8 Å². The zero-order chi connectivity index (χ0) is 24.0. The SMILES string of the molecule is CCc1ccc2nc(N3C(=O)C(=O)C(C(=O)c4cccs4)C3c3ccc([N+](=O)[O-])cc3)sc2c1. The van der Waals surface area contributed by atoms with Crippen molar-refractivity contribution in [3.63, 3.8) is 0 Å². The summed E-state index contributed by atoms with van der Waals surface area (Å²) in [5.74, 6) is -3.34. The Morgan fingerprint density at radius 3 is 2.56 bits per heavy atom. The standard InChI is InChI=1S/C24H17N3O5S2/c1-2-13-5-10-16-18(12-13)34-24(25-16)26-20(14-6-8-15(9-7-14)27(31)32)19(22(29)23(26)30)21(28)17-4-3-11-33-17/h3-12,19-20H,2H2,1H3. The van der Waals surface area contributed by atoms with Gasteiger partial charge >= 0.3 is 0 Å². The van der Waals surface area contributed by atoms with E-state index in [0.717, 1.165) is 16.7 Å². The number of thiophene rings is 1. The quantitative estimate of drug-likeness (QED) is 0.124. The van der Waals surface area contributed by atoms with Gasteiger partial charge in [0.05, 0.1) is 26.1 Å². The maximum Gasteiger partial charge on any atom is 0.297 e. The predicted octanol–water partition coefficient (Wildman–Crippen LogP) is 4.98. The first kappa shape index (κ1) is 22.1. The van der Waals surface area contributed by atoms with Crippen LogP contribution in [0.15, 0.2) is 60.0 Å². The predicted molar refractivity (Wildman–Crippen MR) is 129 cm³/mol. The lowest BCUT2D eigenvalue weighted by Crippen LogP contribution is -2.30. The summed E-state index contributed by atoms with van der Waals surface area (Å²) in [6.45, 7) is 2.04. The van der Waals surface area contributed by atoms with Gasteiger partial charge in [-0.25, -0.2) is 4.98 Å². The second kappa shape index (κ2) is 8.54. The largest absolute Gasteiger partial charge is 0.297 e. The number of nitro groups is 1. The fraction of sp³-hybridized carbons (Fsp3) is 0.167. The highest BCUT2D eigenvalue weighted by molar-refractivity contribution is 7.22. The molecule has 2 aromatic carbocycles. The second-order valence-electron chi connectivity index (χ2n) is 7.80. The maximum atomic E-state index is 13.3. The summed E-state index contributed by atoms with van der Waals surface area (Å²) in [5.41, 5.74) is 2.13. The number of rotatable bonds is 6. The minimum Gasteiger partial charge on any atom is -0.292 e. The molecule has 1 fully saturated rings. The van der Waals surface area contributed by atoms with Gasteiger partial charge in [-0.3, -0.25) is 29.4 Å². The van der Waals surface area contributed by atoms with Crippen LogP contribution in [-0.2, 0) is 16.0 Å². The Kier molecular flexibility index (Phi) is 5.54. The Bertz CT molecular complexity index is 1440. The molecule has 3 heterocycles. The molecule has 0 saturated carbocycles. The molecule has 2 unspecified atom stereocenters. The van der Waals surface area contributed by atoms with E-state index < -0.39 is 34.4 Å². The molecule has 1 aliphatic rings. The van der Waals surface area contributed by atoms with Gasteiger partial charge in [0.2, 0.25) is 5.78 Å². The average Bonchev–Trinajstić information content (AvgIpc) is 3.57. The third kappa shape index (κ3) is 3.61. The summed E-state index contributed by atoms with van der Waals surface area (Å²) < 4.78 is 0.866. The second-order valence-corrected chi connectivity index (χ2v) is 9.76. The first-order chi connectivity index (χ1) is 16.4. The minimum atomic E-state index is -1.27. The van der Waals surface area contributed by atoms with Crippen LogP contribution in [0.4, 0.5) is 10.8 Å². The van der Waals surface area contributed by atoms with Crippen molar-refractivity contribution in [1.82, 2.24) is 4.98 Å². The summed E-state index contributed by atoms with van der Waals surface area (Å²) in [4.78, 5) is 56.6. The Morgan fingerprint density at radius 2 is 1.91 bits per heavy atom. The van der Waals surface area contributed by atoms with Gasteiger partial charge in [-0.2, -0.15) is 0 Å². The number of hydrogen-bond acceptors (Lipinski definition) is 8. The number of ketones is 2. The van der Waals surface area contributed by atoms with Gasteiger partial charge in [0, 0.05) is 12.1 Å². The number of aromatic nitrogens is 1. The molecule has 0 aliphatic carbocycles. The topological polar surface area (TPSA) is 110 Å². The van der Waals surface area contributed by atoms with Crippen molar-refractivity contribution in [2.45, 2.75) is 19.4 Å². The van der Waals surface area contributed by atoms with Crippen molar-refractivity contribution in [2.24, 2.45) is 5.92 Å². The number of aryl methyl sites for hydroxylation is 1. The van der Waals surface area contributed by atoms with Gasteiger partial charge in [0.25, 0.3) is 11.6 Å². The van der Waals surface area contributed by atoms with Crippen molar-refractivity contribution in [2.75, 3.05) is 4.90 Å². The fourth-order valence-electron chi connectivity index (χ4n) is 4.13. The highest BCUT2D eigenvalue weighted by atomic mass is 32.1. The van der Waals surface area contributed by atoms with E-state index in [9.17, 15) is 24.5 Å². The molecular weight excluding hydrogens is 474 g/mol. The van der Waals surface area contributed by atoms with E-state index in [1.54, 1.807) is 17.5 Å². The monoisotopic (exact) mass is 491 g/mol. The number of fused-ring (bicyclic) bond motifs is 1. The Hall–Kier alpha value is -3.76. The van der Waals surface area contributed by atoms with Gasteiger partial charge in [-0.05, 0) is 41.1 Å². The van der Waals surface area contributed by atoms with Gasteiger partial charge < -0.3 is 0 Å². The van der Waals surface area contributed by atoms with Crippen LogP contribution in [-0.4, -0.2) is 27.4 Å². The Morgan fingerprint density at radius 1 is 1.15 bits per heavy atom. The lowest BCUT2D eigenvalue weighted by atomic mass is 9.88. The molecule has 34 heavy (non-hydrogen) atoms. The van der Waals surface area contributed by atoms with Crippen LogP contribution in [0, 0.1) is 16.0 Å². The molecule has 0 N–H and O–H groups in total. The first-order valence-electron chi connectivity index (χ1n) is 10.5. The minimum absolute atomic E-state index is 0.126. The molecule has 1 saturated heterocycles. The molecule has 5 rings (SSSR count). The number of carbonyl (C=O) groups is 3. The number of thiazole rings is 1. The molecule has 4 aromatic rings. The molecule has 2 atom stereocenters. The van der Waals surface area contributed by atoms with E-state index >= 15 is 0 Å². The molecule has 1 amide bonds. The highest BCUT2D eigenvalue weighted by Crippen LogP contribution is 2.44. The van der Waals surface area contributed by atoms with Crippen molar-refractivity contribution < 1.29 is 19.3 Å². The van der Waals surface area contributed by atoms with Crippen LogP contribution in [0.5, 0.6) is 0 Å². The number of non-ortho nitro benzene ring substituents is 1. The Labute approximate surface area is 201 Å². The molecule has 1 aliphatic heterocycles. The van der Waals surface area contributed by atoms with E-state index in [1.165, 1.54) is 51.8 Å². The van der Waals surface area contributed by atoms with Crippen LogP contribution in [0.25, 0.3) is 10.2 Å². The van der Waals surface area contributed by atoms with Gasteiger partial charge in [0.15, 0.2) is 10.9 Å². The summed E-state index contributed by atoms with van der Waals surface area (Å²) in [6.07, 6.45) is 0.840. The number of nitrogens with zero attached hydrogens (tertiary/aromatic N) is 3. The average molecular weight is 492 g/mol. The number of amides is 1.